The van der Waals surface area contributed by atoms with Crippen molar-refractivity contribution in [1.29, 1.82) is 0 Å². The molecule has 2 N–H and O–H groups in total. The van der Waals surface area contributed by atoms with Gasteiger partial charge in [-0.1, -0.05) is 19.3 Å². The molecule has 0 bridgehead atoms. The number of hydrogen-bond donors (Lipinski definition) is 2. The molecule has 4 aliphatic rings. The lowest BCUT2D eigenvalue weighted by Gasteiger charge is -2.35. The van der Waals surface area contributed by atoms with Crippen LogP contribution in [0.5, 0.6) is 5.75 Å². The molecule has 1 aliphatic carbocycles. The highest BCUT2D eigenvalue weighted by Gasteiger charge is 2.31. The number of ether oxygens (including phenoxy) is 1. The Labute approximate surface area is 272 Å². The number of nitrogens with zero attached hydrogens (tertiary/aromatic N) is 3. The van der Waals surface area contributed by atoms with Crippen LogP contribution in [-0.4, -0.2) is 100 Å². The summed E-state index contributed by atoms with van der Waals surface area (Å²) >= 11 is 0. The van der Waals surface area contributed by atoms with Crippen molar-refractivity contribution in [2.45, 2.75) is 63.4 Å². The van der Waals surface area contributed by atoms with Gasteiger partial charge in [0, 0.05) is 62.4 Å². The number of halogens is 1. The summed E-state index contributed by atoms with van der Waals surface area (Å²) in [5.41, 5.74) is 2.41. The Morgan fingerprint density at radius 3 is 2.20 bits per heavy atom. The van der Waals surface area contributed by atoms with Crippen LogP contribution in [0.1, 0.15) is 83.6 Å². The lowest BCUT2D eigenvalue weighted by atomic mass is 9.83. The number of amides is 3. The highest BCUT2D eigenvalue weighted by atomic mass is 19.1. The van der Waals surface area contributed by atoms with Crippen molar-refractivity contribution in [2.24, 2.45) is 5.92 Å². The van der Waals surface area contributed by atoms with Crippen LogP contribution in [0, 0.1) is 11.7 Å². The fraction of sp³-hybridized carbons (Fsp3) is 0.583. The summed E-state index contributed by atoms with van der Waals surface area (Å²) in [6.45, 7) is 5.19. The van der Waals surface area contributed by atoms with E-state index in [0.717, 1.165) is 69.6 Å². The quantitative estimate of drug-likeness (QED) is 0.489. The molecule has 1 unspecified atom stereocenters. The van der Waals surface area contributed by atoms with E-state index < -0.39 is 5.82 Å². The van der Waals surface area contributed by atoms with E-state index in [4.69, 9.17) is 4.74 Å². The van der Waals surface area contributed by atoms with E-state index in [1.165, 1.54) is 41.2 Å². The van der Waals surface area contributed by atoms with Gasteiger partial charge in [0.2, 0.25) is 5.91 Å². The first-order valence-corrected chi connectivity index (χ1v) is 17.3. The summed E-state index contributed by atoms with van der Waals surface area (Å²) in [6, 6.07) is 10.1. The second kappa shape index (κ2) is 14.5. The molecule has 6 rings (SSSR count). The molecule has 248 valence electrons. The average molecular weight is 635 g/mol. The number of likely N-dealkylation sites (N-methyl/N-ethyl adjacent to an activating group) is 1. The van der Waals surface area contributed by atoms with Gasteiger partial charge in [-0.15, -0.1) is 0 Å². The average Bonchev–Trinajstić information content (AvgIpc) is 3.51. The zero-order chi connectivity index (χ0) is 32.2. The Hall–Kier alpha value is -3.50. The SMILES string of the molecule is CN(C(=O)C1CCNCC1)c1cc(F)cc(C(=O)N2CCN(C(=O)c3ccc(O[C@H]4CC[NH+](C)C4)c(C4CCCCC4)c3)CC2)c1. The van der Waals surface area contributed by atoms with Crippen LogP contribution in [0.25, 0.3) is 0 Å². The maximum absolute atomic E-state index is 14.7. The van der Waals surface area contributed by atoms with Crippen LogP contribution in [0.15, 0.2) is 36.4 Å². The summed E-state index contributed by atoms with van der Waals surface area (Å²) in [7, 11) is 3.85. The Morgan fingerprint density at radius 2 is 1.54 bits per heavy atom. The minimum Gasteiger partial charge on any atom is -0.484 e. The molecule has 0 spiro atoms. The first kappa shape index (κ1) is 32.4. The zero-order valence-electron chi connectivity index (χ0n) is 27.4. The smallest absolute Gasteiger partial charge is 0.254 e. The maximum atomic E-state index is 14.7. The van der Waals surface area contributed by atoms with Crippen LogP contribution in [0.2, 0.25) is 0 Å². The first-order chi connectivity index (χ1) is 22.3. The van der Waals surface area contributed by atoms with E-state index in [-0.39, 0.29) is 35.3 Å². The molecule has 3 aliphatic heterocycles. The van der Waals surface area contributed by atoms with Crippen LogP contribution in [-0.2, 0) is 4.79 Å². The van der Waals surface area contributed by atoms with Crippen molar-refractivity contribution in [3.63, 3.8) is 0 Å². The van der Waals surface area contributed by atoms with Gasteiger partial charge >= 0.3 is 0 Å². The predicted molar refractivity (Wildman–Crippen MR) is 175 cm³/mol. The van der Waals surface area contributed by atoms with Crippen molar-refractivity contribution in [1.82, 2.24) is 15.1 Å². The monoisotopic (exact) mass is 634 g/mol. The van der Waals surface area contributed by atoms with Crippen LogP contribution < -0.4 is 19.9 Å². The van der Waals surface area contributed by atoms with E-state index >= 15 is 0 Å². The van der Waals surface area contributed by atoms with Crippen molar-refractivity contribution >= 4 is 23.4 Å². The fourth-order valence-electron chi connectivity index (χ4n) is 7.64. The van der Waals surface area contributed by atoms with Gasteiger partial charge in [-0.3, -0.25) is 14.4 Å². The van der Waals surface area contributed by atoms with Gasteiger partial charge in [0.25, 0.3) is 11.8 Å². The van der Waals surface area contributed by atoms with E-state index in [0.29, 0.717) is 43.3 Å². The zero-order valence-corrected chi connectivity index (χ0v) is 27.4. The Morgan fingerprint density at radius 1 is 0.870 bits per heavy atom. The molecule has 0 aromatic heterocycles. The Bertz CT molecular complexity index is 1420. The maximum Gasteiger partial charge on any atom is 0.254 e. The second-order valence-corrected chi connectivity index (χ2v) is 13.7. The molecule has 1 saturated carbocycles. The topological polar surface area (TPSA) is 86.6 Å². The summed E-state index contributed by atoms with van der Waals surface area (Å²) in [5.74, 6) is 0.275. The molecule has 3 saturated heterocycles. The minimum absolute atomic E-state index is 0.0353. The molecular weight excluding hydrogens is 585 g/mol. The number of piperidine rings is 1. The normalized spacial score (nSPS) is 22.9. The number of carbonyl (C=O) groups is 3. The van der Waals surface area contributed by atoms with Crippen LogP contribution in [0.3, 0.4) is 0 Å². The van der Waals surface area contributed by atoms with Crippen molar-refractivity contribution < 1.29 is 28.4 Å². The Kier molecular flexibility index (Phi) is 10.2. The van der Waals surface area contributed by atoms with E-state index in [9.17, 15) is 18.8 Å². The molecule has 4 fully saturated rings. The van der Waals surface area contributed by atoms with Gasteiger partial charge < -0.3 is 29.7 Å². The number of likely N-dealkylation sites (tertiary alicyclic amines) is 1. The van der Waals surface area contributed by atoms with Crippen molar-refractivity contribution in [2.75, 3.05) is 71.4 Å². The highest BCUT2D eigenvalue weighted by Crippen LogP contribution is 2.39. The van der Waals surface area contributed by atoms with Gasteiger partial charge in [0.1, 0.15) is 18.1 Å². The number of piperazine rings is 1. The number of carbonyl (C=O) groups excluding carboxylic acids is 3. The molecule has 10 heteroatoms. The third-order valence-electron chi connectivity index (χ3n) is 10.5. The number of anilines is 1. The molecule has 3 heterocycles. The standard InChI is InChI=1S/C36H48FN5O4/c1-39-15-12-31(24-39)46-33-9-8-27(22-32(33)25-6-4-3-5-7-25)35(44)41-16-18-42(19-17-41)36(45)28-20-29(37)23-30(21-28)40(2)34(43)26-10-13-38-14-11-26/h8-9,20-23,25-26,31,38H,3-7,10-19,24H2,1-2H3/p+1/t31-/m0/s1. The molecule has 46 heavy (non-hydrogen) atoms. The number of hydrogen-bond acceptors (Lipinski definition) is 5. The molecule has 2 atom stereocenters. The van der Waals surface area contributed by atoms with Gasteiger partial charge in [0.05, 0.1) is 13.6 Å². The van der Waals surface area contributed by atoms with Gasteiger partial charge in [-0.25, -0.2) is 4.39 Å². The van der Waals surface area contributed by atoms with Crippen molar-refractivity contribution in [3.8, 4) is 5.75 Å². The molecule has 2 aromatic carbocycles. The lowest BCUT2D eigenvalue weighted by molar-refractivity contribution is -0.867. The molecule has 9 nitrogen and oxygen atoms in total. The minimum atomic E-state index is -0.554. The highest BCUT2D eigenvalue weighted by molar-refractivity contribution is 5.99. The summed E-state index contributed by atoms with van der Waals surface area (Å²) in [4.78, 5) is 46.7. The van der Waals surface area contributed by atoms with Crippen LogP contribution >= 0.6 is 0 Å². The molecule has 0 radical (unpaired) electrons. The van der Waals surface area contributed by atoms with Gasteiger partial charge in [0.15, 0.2) is 6.10 Å². The number of nitrogens with one attached hydrogen (secondary N) is 2. The lowest BCUT2D eigenvalue weighted by Crippen LogP contribution is -3.07. The summed E-state index contributed by atoms with van der Waals surface area (Å²) in [5, 5.41) is 3.26. The largest absolute Gasteiger partial charge is 0.484 e. The van der Waals surface area contributed by atoms with Gasteiger partial charge in [-0.2, -0.15) is 0 Å². The predicted octanol–water partition coefficient (Wildman–Crippen LogP) is 3.10. The van der Waals surface area contributed by atoms with Crippen LogP contribution in [0.4, 0.5) is 10.1 Å². The summed E-state index contributed by atoms with van der Waals surface area (Å²) < 4.78 is 21.2. The molecular formula is C36H49FN5O4+. The third-order valence-corrected chi connectivity index (χ3v) is 10.5. The third kappa shape index (κ3) is 7.39. The number of quaternary nitrogens is 1. The second-order valence-electron chi connectivity index (χ2n) is 13.7. The van der Waals surface area contributed by atoms with E-state index in [2.05, 4.69) is 18.4 Å². The number of benzene rings is 2. The van der Waals surface area contributed by atoms with Crippen molar-refractivity contribution in [3.05, 3.63) is 58.9 Å². The molecule has 2 aromatic rings. The summed E-state index contributed by atoms with van der Waals surface area (Å²) in [6.07, 6.45) is 8.64. The van der Waals surface area contributed by atoms with Gasteiger partial charge in [-0.05, 0) is 86.7 Å². The first-order valence-electron chi connectivity index (χ1n) is 17.3. The van der Waals surface area contributed by atoms with E-state index in [1.54, 1.807) is 18.0 Å². The Balaban J connectivity index is 1.11. The van der Waals surface area contributed by atoms with E-state index in [1.807, 2.05) is 17.0 Å². The molecule has 3 amide bonds. The number of rotatable bonds is 7. The fourth-order valence-corrected chi connectivity index (χ4v) is 7.64.